The molecule has 0 bridgehead atoms. The van der Waals surface area contributed by atoms with Crippen LogP contribution in [-0.4, -0.2) is 52.0 Å². The van der Waals surface area contributed by atoms with Crippen LogP contribution in [0.4, 0.5) is 5.82 Å². The number of rotatable bonds is 4. The number of likely N-dealkylation sites (tertiary alicyclic amines) is 1. The number of ether oxygens (including phenoxy) is 1. The second-order valence-corrected chi connectivity index (χ2v) is 8.26. The first-order valence-electron chi connectivity index (χ1n) is 9.64. The SMILES string of the molecule is CC(C)n1nc(-c2cnc(N)c(C#N)c2)cc1[C@H]1[C@@H]2CN(C3COC3)C[C@@H]21. The number of hydrogen-bond donors (Lipinski definition) is 1. The zero-order valence-electron chi connectivity index (χ0n) is 15.7. The number of pyridine rings is 1. The van der Waals surface area contributed by atoms with Crippen LogP contribution in [0, 0.1) is 23.2 Å². The molecule has 7 nitrogen and oxygen atoms in total. The molecule has 0 unspecified atom stereocenters. The van der Waals surface area contributed by atoms with Crippen molar-refractivity contribution in [2.24, 2.45) is 11.8 Å². The quantitative estimate of drug-likeness (QED) is 0.892. The highest BCUT2D eigenvalue weighted by molar-refractivity contribution is 5.64. The first-order valence-corrected chi connectivity index (χ1v) is 9.64. The number of hydrogen-bond acceptors (Lipinski definition) is 6. The number of anilines is 1. The van der Waals surface area contributed by atoms with Gasteiger partial charge in [0.05, 0.1) is 30.5 Å². The van der Waals surface area contributed by atoms with Crippen molar-refractivity contribution in [3.8, 4) is 17.3 Å². The molecule has 0 amide bonds. The fraction of sp³-hybridized carbons (Fsp3) is 0.550. The van der Waals surface area contributed by atoms with E-state index in [0.717, 1.165) is 36.3 Å². The zero-order chi connectivity index (χ0) is 18.7. The van der Waals surface area contributed by atoms with Crippen LogP contribution in [0.3, 0.4) is 0 Å². The van der Waals surface area contributed by atoms with Crippen molar-refractivity contribution >= 4 is 5.82 Å². The van der Waals surface area contributed by atoms with Gasteiger partial charge in [0.2, 0.25) is 0 Å². The minimum atomic E-state index is 0.265. The maximum atomic E-state index is 9.23. The maximum absolute atomic E-state index is 9.23. The molecule has 2 saturated heterocycles. The second kappa shape index (κ2) is 6.04. The lowest BCUT2D eigenvalue weighted by Crippen LogP contribution is -2.48. The van der Waals surface area contributed by atoms with Gasteiger partial charge in [0, 0.05) is 42.5 Å². The van der Waals surface area contributed by atoms with Crippen LogP contribution in [0.2, 0.25) is 0 Å². The van der Waals surface area contributed by atoms with E-state index in [4.69, 9.17) is 15.6 Å². The predicted molar refractivity (Wildman–Crippen MR) is 101 cm³/mol. The summed E-state index contributed by atoms with van der Waals surface area (Å²) in [4.78, 5) is 6.75. The molecule has 7 heteroatoms. The van der Waals surface area contributed by atoms with Crippen molar-refractivity contribution in [1.82, 2.24) is 19.7 Å². The summed E-state index contributed by atoms with van der Waals surface area (Å²) in [6.07, 6.45) is 1.71. The average molecular weight is 364 g/mol. The van der Waals surface area contributed by atoms with E-state index in [1.54, 1.807) is 12.3 Å². The molecule has 140 valence electrons. The van der Waals surface area contributed by atoms with Gasteiger partial charge in [0.1, 0.15) is 11.9 Å². The normalized spacial score (nSPS) is 27.4. The van der Waals surface area contributed by atoms with Crippen molar-refractivity contribution < 1.29 is 4.74 Å². The molecule has 2 aliphatic heterocycles. The minimum Gasteiger partial charge on any atom is -0.383 e. The highest BCUT2D eigenvalue weighted by Gasteiger charge is 2.58. The van der Waals surface area contributed by atoms with Crippen molar-refractivity contribution in [2.75, 3.05) is 32.0 Å². The van der Waals surface area contributed by atoms with E-state index in [2.05, 4.69) is 40.5 Å². The minimum absolute atomic E-state index is 0.265. The lowest BCUT2D eigenvalue weighted by atomic mass is 10.1. The lowest BCUT2D eigenvalue weighted by Gasteiger charge is -2.35. The summed E-state index contributed by atoms with van der Waals surface area (Å²) < 4.78 is 7.50. The van der Waals surface area contributed by atoms with Crippen LogP contribution >= 0.6 is 0 Å². The fourth-order valence-corrected chi connectivity index (χ4v) is 4.65. The Morgan fingerprint density at radius 2 is 2.00 bits per heavy atom. The standard InChI is InChI=1S/C20H24N6O/c1-11(2)26-18(19-15-7-25(8-16(15)19)14-9-27-10-14)4-17(24-26)13-3-12(5-21)20(22)23-6-13/h3-4,6,11,14-16,19H,7-10H2,1-2H3,(H2,22,23)/t15-,16+,19+. The Morgan fingerprint density at radius 3 is 2.59 bits per heavy atom. The van der Waals surface area contributed by atoms with Gasteiger partial charge in [-0.15, -0.1) is 0 Å². The predicted octanol–water partition coefficient (Wildman–Crippen LogP) is 2.02. The van der Waals surface area contributed by atoms with Crippen molar-refractivity contribution in [3.63, 3.8) is 0 Å². The van der Waals surface area contributed by atoms with Crippen LogP contribution < -0.4 is 5.73 Å². The molecule has 2 N–H and O–H groups in total. The van der Waals surface area contributed by atoms with E-state index >= 15 is 0 Å². The highest BCUT2D eigenvalue weighted by atomic mass is 16.5. The molecule has 4 heterocycles. The first-order chi connectivity index (χ1) is 13.1. The number of fused-ring (bicyclic) bond motifs is 1. The van der Waals surface area contributed by atoms with Crippen LogP contribution in [0.25, 0.3) is 11.3 Å². The van der Waals surface area contributed by atoms with E-state index in [1.807, 2.05) is 0 Å². The Bertz CT molecular complexity index is 913. The number of nitrogen functional groups attached to an aromatic ring is 1. The summed E-state index contributed by atoms with van der Waals surface area (Å²) >= 11 is 0. The van der Waals surface area contributed by atoms with Gasteiger partial charge in [-0.3, -0.25) is 9.58 Å². The molecule has 1 saturated carbocycles. The molecule has 1 aliphatic carbocycles. The molecule has 3 atom stereocenters. The fourth-order valence-electron chi connectivity index (χ4n) is 4.65. The molecule has 0 radical (unpaired) electrons. The Labute approximate surface area is 158 Å². The van der Waals surface area contributed by atoms with E-state index in [9.17, 15) is 5.26 Å². The van der Waals surface area contributed by atoms with Crippen LogP contribution in [0.1, 0.15) is 37.1 Å². The van der Waals surface area contributed by atoms with Gasteiger partial charge < -0.3 is 10.5 Å². The molecular weight excluding hydrogens is 340 g/mol. The summed E-state index contributed by atoms with van der Waals surface area (Å²) in [6.45, 7) is 8.46. The van der Waals surface area contributed by atoms with Gasteiger partial charge in [0.25, 0.3) is 0 Å². The summed E-state index contributed by atoms with van der Waals surface area (Å²) in [5.41, 5.74) is 9.19. The molecule has 27 heavy (non-hydrogen) atoms. The third kappa shape index (κ3) is 2.63. The van der Waals surface area contributed by atoms with Crippen molar-refractivity contribution in [1.29, 1.82) is 5.26 Å². The molecule has 2 aromatic rings. The first kappa shape index (κ1) is 16.7. The topological polar surface area (TPSA) is 93.0 Å². The molecule has 3 fully saturated rings. The van der Waals surface area contributed by atoms with E-state index in [0.29, 0.717) is 23.6 Å². The third-order valence-electron chi connectivity index (χ3n) is 6.29. The van der Waals surface area contributed by atoms with E-state index in [-0.39, 0.29) is 5.82 Å². The van der Waals surface area contributed by atoms with Crippen LogP contribution in [0.5, 0.6) is 0 Å². The summed E-state index contributed by atoms with van der Waals surface area (Å²) in [5.74, 6) is 2.31. The molecule has 5 rings (SSSR count). The summed E-state index contributed by atoms with van der Waals surface area (Å²) in [7, 11) is 0. The molecule has 0 aromatic carbocycles. The van der Waals surface area contributed by atoms with Gasteiger partial charge in [-0.2, -0.15) is 10.4 Å². The van der Waals surface area contributed by atoms with Crippen LogP contribution in [-0.2, 0) is 4.74 Å². The highest BCUT2D eigenvalue weighted by Crippen LogP contribution is 2.59. The second-order valence-electron chi connectivity index (χ2n) is 8.26. The third-order valence-corrected chi connectivity index (χ3v) is 6.29. The van der Waals surface area contributed by atoms with E-state index in [1.165, 1.54) is 18.8 Å². The van der Waals surface area contributed by atoms with Gasteiger partial charge in [-0.05, 0) is 37.8 Å². The Balaban J connectivity index is 1.42. The van der Waals surface area contributed by atoms with Gasteiger partial charge in [-0.1, -0.05) is 0 Å². The summed E-state index contributed by atoms with van der Waals surface area (Å²) in [5, 5.41) is 14.1. The van der Waals surface area contributed by atoms with E-state index < -0.39 is 0 Å². The van der Waals surface area contributed by atoms with Gasteiger partial charge in [-0.25, -0.2) is 4.98 Å². The number of nitriles is 1. The number of piperidine rings is 1. The summed E-state index contributed by atoms with van der Waals surface area (Å²) in [6, 6.07) is 7.01. The smallest absolute Gasteiger partial charge is 0.141 e. The molecule has 3 aliphatic rings. The Morgan fingerprint density at radius 1 is 1.26 bits per heavy atom. The Hall–Kier alpha value is -2.43. The van der Waals surface area contributed by atoms with Crippen LogP contribution in [0.15, 0.2) is 18.3 Å². The monoisotopic (exact) mass is 364 g/mol. The van der Waals surface area contributed by atoms with Gasteiger partial charge in [0.15, 0.2) is 0 Å². The molecule has 2 aromatic heterocycles. The average Bonchev–Trinajstić information content (AvgIpc) is 2.98. The Kier molecular flexibility index (Phi) is 3.74. The maximum Gasteiger partial charge on any atom is 0.141 e. The number of aromatic nitrogens is 3. The van der Waals surface area contributed by atoms with Gasteiger partial charge >= 0.3 is 0 Å². The van der Waals surface area contributed by atoms with Crippen molar-refractivity contribution in [3.05, 3.63) is 29.6 Å². The number of nitrogens with two attached hydrogens (primary N) is 1. The largest absolute Gasteiger partial charge is 0.383 e. The number of nitrogens with zero attached hydrogens (tertiary/aromatic N) is 5. The molecular formula is C20H24N6O. The zero-order valence-corrected chi connectivity index (χ0v) is 15.7. The molecule has 0 spiro atoms. The lowest BCUT2D eigenvalue weighted by molar-refractivity contribution is -0.0610. The van der Waals surface area contributed by atoms with Crippen molar-refractivity contribution in [2.45, 2.75) is 31.8 Å².